The summed E-state index contributed by atoms with van der Waals surface area (Å²) in [6.45, 7) is -0.416. The van der Waals surface area contributed by atoms with Gasteiger partial charge in [-0.25, -0.2) is 0 Å². The number of aliphatic hydroxyl groups excluding tert-OH is 2. The van der Waals surface area contributed by atoms with E-state index in [1.165, 1.54) is 6.07 Å². The highest BCUT2D eigenvalue weighted by Crippen LogP contribution is 2.10. The topological polar surface area (TPSA) is 130 Å². The maximum absolute atomic E-state index is 8.80. The average molecular weight is 199 g/mol. The van der Waals surface area contributed by atoms with E-state index in [2.05, 4.69) is 15.3 Å². The molecule has 0 fully saturated rings. The van der Waals surface area contributed by atoms with E-state index in [0.29, 0.717) is 5.82 Å². The zero-order valence-electron chi connectivity index (χ0n) is 7.51. The van der Waals surface area contributed by atoms with Crippen molar-refractivity contribution < 1.29 is 10.2 Å². The number of hydrogen-bond donors (Lipinski definition) is 5. The maximum atomic E-state index is 8.80. The molecule has 0 amide bonds. The highest BCUT2D eigenvalue weighted by molar-refractivity contribution is 5.48. The molecule has 1 aromatic rings. The standard InChI is InChI=1S/C7H13N5O2/c8-5-1-6(12-7(9)11-5)10-4(2-13)3-14/h1,4,13-14H,2-3H2,(H5,8,9,10,11,12). The second-order valence-electron chi connectivity index (χ2n) is 2.74. The predicted octanol–water partition coefficient (Wildman–Crippen LogP) is -1.59. The Labute approximate surface area is 80.8 Å². The Morgan fingerprint density at radius 3 is 2.43 bits per heavy atom. The van der Waals surface area contributed by atoms with Crippen LogP contribution in [0.15, 0.2) is 6.07 Å². The van der Waals surface area contributed by atoms with E-state index in [1.54, 1.807) is 0 Å². The Balaban J connectivity index is 2.75. The maximum Gasteiger partial charge on any atom is 0.223 e. The predicted molar refractivity (Wildman–Crippen MR) is 52.4 cm³/mol. The minimum atomic E-state index is -0.483. The summed E-state index contributed by atoms with van der Waals surface area (Å²) in [4.78, 5) is 7.50. The number of hydrogen-bond acceptors (Lipinski definition) is 7. The van der Waals surface area contributed by atoms with Crippen LogP contribution in [0.2, 0.25) is 0 Å². The minimum Gasteiger partial charge on any atom is -0.394 e. The first-order valence-electron chi connectivity index (χ1n) is 4.04. The van der Waals surface area contributed by atoms with E-state index in [-0.39, 0.29) is 25.0 Å². The SMILES string of the molecule is Nc1cc(NC(CO)CO)nc(N)n1. The number of anilines is 3. The number of nitrogens with zero attached hydrogens (tertiary/aromatic N) is 2. The molecular formula is C7H13N5O2. The lowest BCUT2D eigenvalue weighted by Crippen LogP contribution is -2.28. The van der Waals surface area contributed by atoms with Crippen molar-refractivity contribution in [3.05, 3.63) is 6.07 Å². The quantitative estimate of drug-likeness (QED) is 0.395. The number of aliphatic hydroxyl groups is 2. The number of nitrogens with two attached hydrogens (primary N) is 2. The van der Waals surface area contributed by atoms with Crippen molar-refractivity contribution in [2.75, 3.05) is 30.0 Å². The fourth-order valence-corrected chi connectivity index (χ4v) is 0.917. The van der Waals surface area contributed by atoms with Gasteiger partial charge in [0.15, 0.2) is 0 Å². The Kier molecular flexibility index (Phi) is 3.43. The second-order valence-corrected chi connectivity index (χ2v) is 2.74. The van der Waals surface area contributed by atoms with Gasteiger partial charge in [-0.05, 0) is 0 Å². The van der Waals surface area contributed by atoms with Gasteiger partial charge in [-0.2, -0.15) is 9.97 Å². The summed E-state index contributed by atoms with van der Waals surface area (Å²) in [5, 5.41) is 20.3. The van der Waals surface area contributed by atoms with Gasteiger partial charge in [0.25, 0.3) is 0 Å². The van der Waals surface area contributed by atoms with Gasteiger partial charge in [0, 0.05) is 6.07 Å². The van der Waals surface area contributed by atoms with Crippen LogP contribution in [0.25, 0.3) is 0 Å². The van der Waals surface area contributed by atoms with Gasteiger partial charge in [-0.15, -0.1) is 0 Å². The Morgan fingerprint density at radius 1 is 1.29 bits per heavy atom. The summed E-state index contributed by atoms with van der Waals surface area (Å²) in [5.41, 5.74) is 10.8. The fraction of sp³-hybridized carbons (Fsp3) is 0.429. The molecule has 0 aliphatic heterocycles. The van der Waals surface area contributed by atoms with Gasteiger partial charge in [0.2, 0.25) is 5.95 Å². The monoisotopic (exact) mass is 199 g/mol. The van der Waals surface area contributed by atoms with Crippen molar-refractivity contribution in [2.45, 2.75) is 6.04 Å². The summed E-state index contributed by atoms with van der Waals surface area (Å²) in [6, 6.07) is 0.984. The van der Waals surface area contributed by atoms with Gasteiger partial charge in [-0.1, -0.05) is 0 Å². The first-order chi connectivity index (χ1) is 6.65. The van der Waals surface area contributed by atoms with Crippen molar-refractivity contribution in [1.82, 2.24) is 9.97 Å². The molecule has 0 aliphatic rings. The average Bonchev–Trinajstić information content (AvgIpc) is 2.12. The largest absolute Gasteiger partial charge is 0.394 e. The second kappa shape index (κ2) is 4.58. The number of nitrogens with one attached hydrogen (secondary N) is 1. The molecule has 0 saturated carbocycles. The molecule has 7 N–H and O–H groups in total. The Morgan fingerprint density at radius 2 is 1.93 bits per heavy atom. The van der Waals surface area contributed by atoms with E-state index in [4.69, 9.17) is 21.7 Å². The fourth-order valence-electron chi connectivity index (χ4n) is 0.917. The lowest BCUT2D eigenvalue weighted by molar-refractivity contribution is 0.203. The molecule has 1 rings (SSSR count). The van der Waals surface area contributed by atoms with Gasteiger partial charge in [-0.3, -0.25) is 0 Å². The molecule has 0 radical (unpaired) electrons. The van der Waals surface area contributed by atoms with E-state index >= 15 is 0 Å². The molecule has 0 aromatic carbocycles. The number of rotatable bonds is 4. The third kappa shape index (κ3) is 2.71. The van der Waals surface area contributed by atoms with Crippen LogP contribution in [0.3, 0.4) is 0 Å². The number of aromatic nitrogens is 2. The van der Waals surface area contributed by atoms with Crippen molar-refractivity contribution >= 4 is 17.6 Å². The van der Waals surface area contributed by atoms with Crippen molar-refractivity contribution in [3.8, 4) is 0 Å². The van der Waals surface area contributed by atoms with Crippen LogP contribution < -0.4 is 16.8 Å². The van der Waals surface area contributed by atoms with Crippen LogP contribution in [-0.4, -0.2) is 39.4 Å². The lowest BCUT2D eigenvalue weighted by Gasteiger charge is -2.13. The van der Waals surface area contributed by atoms with Gasteiger partial charge in [0.05, 0.1) is 19.3 Å². The molecule has 14 heavy (non-hydrogen) atoms. The molecule has 0 aliphatic carbocycles. The van der Waals surface area contributed by atoms with Gasteiger partial charge in [0.1, 0.15) is 11.6 Å². The first kappa shape index (κ1) is 10.5. The van der Waals surface area contributed by atoms with E-state index in [0.717, 1.165) is 0 Å². The molecule has 1 heterocycles. The van der Waals surface area contributed by atoms with Crippen LogP contribution >= 0.6 is 0 Å². The highest BCUT2D eigenvalue weighted by atomic mass is 16.3. The summed E-state index contributed by atoms with van der Waals surface area (Å²) in [5.74, 6) is 0.653. The highest BCUT2D eigenvalue weighted by Gasteiger charge is 2.07. The number of nitrogen functional groups attached to an aromatic ring is 2. The van der Waals surface area contributed by atoms with E-state index < -0.39 is 6.04 Å². The third-order valence-electron chi connectivity index (χ3n) is 1.56. The molecular weight excluding hydrogens is 186 g/mol. The molecule has 1 aromatic heterocycles. The van der Waals surface area contributed by atoms with Crippen LogP contribution in [0.4, 0.5) is 17.6 Å². The molecule has 0 spiro atoms. The van der Waals surface area contributed by atoms with Crippen LogP contribution in [-0.2, 0) is 0 Å². The smallest absolute Gasteiger partial charge is 0.223 e. The molecule has 0 bridgehead atoms. The minimum absolute atomic E-state index is 0.0436. The molecule has 0 unspecified atom stereocenters. The molecule has 7 nitrogen and oxygen atoms in total. The molecule has 7 heteroatoms. The van der Waals surface area contributed by atoms with Crippen molar-refractivity contribution in [2.24, 2.45) is 0 Å². The summed E-state index contributed by atoms with van der Waals surface area (Å²) in [6.07, 6.45) is 0. The summed E-state index contributed by atoms with van der Waals surface area (Å²) < 4.78 is 0. The van der Waals surface area contributed by atoms with Crippen molar-refractivity contribution in [3.63, 3.8) is 0 Å². The van der Waals surface area contributed by atoms with Crippen LogP contribution in [0.5, 0.6) is 0 Å². The molecule has 0 saturated heterocycles. The van der Waals surface area contributed by atoms with Crippen molar-refractivity contribution in [1.29, 1.82) is 0 Å². The first-order valence-corrected chi connectivity index (χ1v) is 4.04. The summed E-state index contributed by atoms with van der Waals surface area (Å²) >= 11 is 0. The molecule has 0 atom stereocenters. The van der Waals surface area contributed by atoms with Crippen LogP contribution in [0, 0.1) is 0 Å². The zero-order chi connectivity index (χ0) is 10.6. The van der Waals surface area contributed by atoms with Gasteiger partial charge < -0.3 is 27.0 Å². The van der Waals surface area contributed by atoms with Gasteiger partial charge >= 0.3 is 0 Å². The van der Waals surface area contributed by atoms with E-state index in [1.807, 2.05) is 0 Å². The lowest BCUT2D eigenvalue weighted by atomic mass is 10.3. The van der Waals surface area contributed by atoms with E-state index in [9.17, 15) is 0 Å². The zero-order valence-corrected chi connectivity index (χ0v) is 7.51. The summed E-state index contributed by atoms with van der Waals surface area (Å²) in [7, 11) is 0. The molecule has 78 valence electrons. The normalized spacial score (nSPS) is 10.5. The Hall–Kier alpha value is -1.60. The third-order valence-corrected chi connectivity index (χ3v) is 1.56. The Bertz CT molecular complexity index is 282. The van der Waals surface area contributed by atoms with Crippen LogP contribution in [0.1, 0.15) is 0 Å².